The lowest BCUT2D eigenvalue weighted by molar-refractivity contribution is 0.0994. The fourth-order valence-corrected chi connectivity index (χ4v) is 4.04. The molecule has 0 spiro atoms. The summed E-state index contributed by atoms with van der Waals surface area (Å²) in [5.41, 5.74) is 2.56. The SMILES string of the molecule is O=C(N=c1sccn1Cc1ccccc1)c1csc(-c2ccccc2)n1. The minimum Gasteiger partial charge on any atom is -0.319 e. The van der Waals surface area contributed by atoms with E-state index in [9.17, 15) is 4.79 Å². The van der Waals surface area contributed by atoms with Crippen LogP contribution in [0.3, 0.4) is 0 Å². The third-order valence-electron chi connectivity index (χ3n) is 3.80. The van der Waals surface area contributed by atoms with Crippen LogP contribution < -0.4 is 4.80 Å². The fraction of sp³-hybridized carbons (Fsp3) is 0.0500. The molecule has 0 saturated heterocycles. The Kier molecular flexibility index (Phi) is 4.86. The molecule has 2 aromatic carbocycles. The van der Waals surface area contributed by atoms with Crippen molar-refractivity contribution in [3.8, 4) is 10.6 Å². The molecule has 4 nitrogen and oxygen atoms in total. The van der Waals surface area contributed by atoms with Crippen LogP contribution in [0.1, 0.15) is 16.1 Å². The number of rotatable bonds is 4. The summed E-state index contributed by atoms with van der Waals surface area (Å²) in [7, 11) is 0. The van der Waals surface area contributed by atoms with Gasteiger partial charge in [0.2, 0.25) is 0 Å². The van der Waals surface area contributed by atoms with Crippen LogP contribution in [0.4, 0.5) is 0 Å². The third-order valence-corrected chi connectivity index (χ3v) is 5.48. The predicted octanol–water partition coefficient (Wildman–Crippen LogP) is 4.46. The van der Waals surface area contributed by atoms with Gasteiger partial charge in [-0.05, 0) is 5.56 Å². The van der Waals surface area contributed by atoms with Crippen molar-refractivity contribution in [1.82, 2.24) is 9.55 Å². The predicted molar refractivity (Wildman–Crippen MR) is 105 cm³/mol. The van der Waals surface area contributed by atoms with Crippen LogP contribution in [-0.4, -0.2) is 15.5 Å². The van der Waals surface area contributed by atoms with Crippen LogP contribution in [-0.2, 0) is 6.54 Å². The summed E-state index contributed by atoms with van der Waals surface area (Å²) in [6.45, 7) is 0.683. The lowest BCUT2D eigenvalue weighted by Crippen LogP contribution is -2.17. The second-order valence-electron chi connectivity index (χ2n) is 5.62. The molecule has 0 atom stereocenters. The Morgan fingerprint density at radius 1 is 1.00 bits per heavy atom. The molecule has 0 bridgehead atoms. The summed E-state index contributed by atoms with van der Waals surface area (Å²) in [6, 6.07) is 20.0. The Morgan fingerprint density at radius 3 is 2.50 bits per heavy atom. The van der Waals surface area contributed by atoms with Crippen LogP contribution in [0.2, 0.25) is 0 Å². The van der Waals surface area contributed by atoms with Crippen LogP contribution >= 0.6 is 22.7 Å². The van der Waals surface area contributed by atoms with Gasteiger partial charge in [0.15, 0.2) is 4.80 Å². The maximum absolute atomic E-state index is 12.5. The molecule has 26 heavy (non-hydrogen) atoms. The molecular formula is C20H15N3OS2. The number of thiazole rings is 2. The van der Waals surface area contributed by atoms with Crippen LogP contribution in [0.25, 0.3) is 10.6 Å². The number of carbonyl (C=O) groups is 1. The third kappa shape index (κ3) is 3.71. The maximum atomic E-state index is 12.5. The number of hydrogen-bond donors (Lipinski definition) is 0. The Hall–Kier alpha value is -2.83. The Morgan fingerprint density at radius 2 is 1.73 bits per heavy atom. The average Bonchev–Trinajstić information content (AvgIpc) is 3.34. The first-order chi connectivity index (χ1) is 12.8. The van der Waals surface area contributed by atoms with Crippen molar-refractivity contribution in [2.45, 2.75) is 6.54 Å². The van der Waals surface area contributed by atoms with E-state index < -0.39 is 0 Å². The van der Waals surface area contributed by atoms with Crippen LogP contribution in [0, 0.1) is 0 Å². The molecule has 128 valence electrons. The number of aromatic nitrogens is 2. The van der Waals surface area contributed by atoms with E-state index in [1.807, 2.05) is 64.7 Å². The Balaban J connectivity index is 1.59. The summed E-state index contributed by atoms with van der Waals surface area (Å²) in [5, 5.41) is 4.53. The monoisotopic (exact) mass is 377 g/mol. The van der Waals surface area contributed by atoms with Gasteiger partial charge < -0.3 is 4.57 Å². The highest BCUT2D eigenvalue weighted by Gasteiger charge is 2.11. The van der Waals surface area contributed by atoms with Gasteiger partial charge in [-0.2, -0.15) is 4.99 Å². The first-order valence-corrected chi connectivity index (χ1v) is 9.83. The van der Waals surface area contributed by atoms with Gasteiger partial charge in [-0.25, -0.2) is 4.98 Å². The van der Waals surface area contributed by atoms with E-state index in [0.29, 0.717) is 17.0 Å². The minimum atomic E-state index is -0.312. The van der Waals surface area contributed by atoms with E-state index in [1.54, 1.807) is 5.38 Å². The Labute approximate surface area is 158 Å². The van der Waals surface area contributed by atoms with Crippen molar-refractivity contribution >= 4 is 28.6 Å². The number of nitrogens with zero attached hydrogens (tertiary/aromatic N) is 3. The molecule has 0 radical (unpaired) electrons. The molecule has 2 aromatic heterocycles. The first-order valence-electron chi connectivity index (χ1n) is 8.07. The molecule has 2 heterocycles. The normalized spacial score (nSPS) is 11.6. The topological polar surface area (TPSA) is 47.2 Å². The van der Waals surface area contributed by atoms with E-state index in [-0.39, 0.29) is 5.91 Å². The van der Waals surface area contributed by atoms with E-state index in [0.717, 1.165) is 10.6 Å². The van der Waals surface area contributed by atoms with Crippen LogP contribution in [0.5, 0.6) is 0 Å². The fourth-order valence-electron chi connectivity index (χ4n) is 2.52. The standard InChI is InChI=1S/C20H15N3OS2/c24-18(17-14-26-19(21-17)16-9-5-2-6-10-16)22-20-23(11-12-25-20)13-15-7-3-1-4-8-15/h1-12,14H,13H2. The molecule has 0 aliphatic rings. The highest BCUT2D eigenvalue weighted by atomic mass is 32.1. The van der Waals surface area contributed by atoms with Gasteiger partial charge in [0.25, 0.3) is 5.91 Å². The quantitative estimate of drug-likeness (QED) is 0.527. The molecule has 6 heteroatoms. The van der Waals surface area contributed by atoms with Crippen molar-refractivity contribution in [3.05, 3.63) is 93.7 Å². The summed E-state index contributed by atoms with van der Waals surface area (Å²) < 4.78 is 1.97. The number of benzene rings is 2. The van der Waals surface area contributed by atoms with Crippen molar-refractivity contribution in [1.29, 1.82) is 0 Å². The van der Waals surface area contributed by atoms with Crippen molar-refractivity contribution < 1.29 is 4.79 Å². The number of amides is 1. The van der Waals surface area contributed by atoms with Gasteiger partial charge in [0, 0.05) is 29.1 Å². The second kappa shape index (κ2) is 7.59. The lowest BCUT2D eigenvalue weighted by Gasteiger charge is -2.02. The van der Waals surface area contributed by atoms with Crippen molar-refractivity contribution in [3.63, 3.8) is 0 Å². The first kappa shape index (κ1) is 16.6. The molecule has 0 aliphatic heterocycles. The zero-order chi connectivity index (χ0) is 17.8. The smallest absolute Gasteiger partial charge is 0.299 e. The molecule has 0 unspecified atom stereocenters. The summed E-state index contributed by atoms with van der Waals surface area (Å²) in [6.07, 6.45) is 1.94. The van der Waals surface area contributed by atoms with Gasteiger partial charge in [-0.1, -0.05) is 60.7 Å². The molecule has 4 aromatic rings. The van der Waals surface area contributed by atoms with Crippen molar-refractivity contribution in [2.75, 3.05) is 0 Å². The van der Waals surface area contributed by atoms with Gasteiger partial charge >= 0.3 is 0 Å². The zero-order valence-electron chi connectivity index (χ0n) is 13.8. The average molecular weight is 377 g/mol. The molecule has 0 N–H and O–H groups in total. The van der Waals surface area contributed by atoms with E-state index in [4.69, 9.17) is 0 Å². The molecular weight excluding hydrogens is 362 g/mol. The Bertz CT molecular complexity index is 1080. The molecule has 0 fully saturated rings. The maximum Gasteiger partial charge on any atom is 0.299 e. The highest BCUT2D eigenvalue weighted by molar-refractivity contribution is 7.13. The summed E-state index contributed by atoms with van der Waals surface area (Å²) >= 11 is 2.90. The molecule has 0 aliphatic carbocycles. The molecule has 1 amide bonds. The second-order valence-corrected chi connectivity index (χ2v) is 7.35. The molecule has 0 saturated carbocycles. The summed E-state index contributed by atoms with van der Waals surface area (Å²) in [4.78, 5) is 21.9. The van der Waals surface area contributed by atoms with E-state index in [2.05, 4.69) is 22.1 Å². The van der Waals surface area contributed by atoms with E-state index >= 15 is 0 Å². The van der Waals surface area contributed by atoms with Crippen LogP contribution in [0.15, 0.2) is 82.6 Å². The number of carbonyl (C=O) groups excluding carboxylic acids is 1. The van der Waals surface area contributed by atoms with E-state index in [1.165, 1.54) is 28.2 Å². The highest BCUT2D eigenvalue weighted by Crippen LogP contribution is 2.23. The van der Waals surface area contributed by atoms with Gasteiger partial charge in [0.05, 0.1) is 0 Å². The molecule has 4 rings (SSSR count). The summed E-state index contributed by atoms with van der Waals surface area (Å²) in [5.74, 6) is -0.312. The van der Waals surface area contributed by atoms with Gasteiger partial charge in [-0.15, -0.1) is 22.7 Å². The minimum absolute atomic E-state index is 0.312. The van der Waals surface area contributed by atoms with Gasteiger partial charge in [0.1, 0.15) is 10.7 Å². The lowest BCUT2D eigenvalue weighted by atomic mass is 10.2. The zero-order valence-corrected chi connectivity index (χ0v) is 15.4. The number of hydrogen-bond acceptors (Lipinski definition) is 4. The van der Waals surface area contributed by atoms with Crippen molar-refractivity contribution in [2.24, 2.45) is 4.99 Å². The largest absolute Gasteiger partial charge is 0.319 e. The van der Waals surface area contributed by atoms with Gasteiger partial charge in [-0.3, -0.25) is 4.79 Å².